The molecule has 6 heteroatoms. The minimum absolute atomic E-state index is 0.0964. The van der Waals surface area contributed by atoms with E-state index in [1.165, 1.54) is 6.92 Å². The molecule has 0 unspecified atom stereocenters. The van der Waals surface area contributed by atoms with E-state index in [2.05, 4.69) is 20.7 Å². The molecule has 1 amide bonds. The molecule has 0 aliphatic rings. The lowest BCUT2D eigenvalue weighted by Crippen LogP contribution is -2.05. The largest absolute Gasteiger partial charge is 0.372 e. The second kappa shape index (κ2) is 5.24. The van der Waals surface area contributed by atoms with Crippen LogP contribution in [-0.2, 0) is 4.79 Å². The zero-order valence-electron chi connectivity index (χ0n) is 11.8. The highest BCUT2D eigenvalue weighted by molar-refractivity contribution is 5.89. The van der Waals surface area contributed by atoms with Gasteiger partial charge in [0.1, 0.15) is 5.82 Å². The number of nitrogens with zero attached hydrogens (tertiary/aromatic N) is 3. The lowest BCUT2D eigenvalue weighted by atomic mass is 10.1. The minimum Gasteiger partial charge on any atom is -0.372 e. The minimum atomic E-state index is -0.0964. The van der Waals surface area contributed by atoms with Crippen molar-refractivity contribution in [3.63, 3.8) is 0 Å². The lowest BCUT2D eigenvalue weighted by molar-refractivity contribution is -0.114. The number of fused-ring (bicyclic) bond motifs is 1. The van der Waals surface area contributed by atoms with E-state index in [4.69, 9.17) is 0 Å². The normalized spacial score (nSPS) is 10.6. The summed E-state index contributed by atoms with van der Waals surface area (Å²) in [5.74, 6) is 0.667. The standard InChI is InChI=1S/C15H15N5O/c1-10(21)18-12-5-3-4-11(8-12)13-9-17-15-7-6-14(16-2)19-20(13)15/h3-9H,1-2H3,(H,16,19)(H,18,21). The van der Waals surface area contributed by atoms with Gasteiger partial charge in [-0.25, -0.2) is 9.50 Å². The Kier molecular flexibility index (Phi) is 3.27. The molecular formula is C15H15N5O. The van der Waals surface area contributed by atoms with Crippen molar-refractivity contribution in [2.45, 2.75) is 6.92 Å². The molecule has 0 saturated heterocycles. The van der Waals surface area contributed by atoms with Crippen LogP contribution in [0.3, 0.4) is 0 Å². The Hall–Kier alpha value is -2.89. The van der Waals surface area contributed by atoms with Crippen LogP contribution >= 0.6 is 0 Å². The van der Waals surface area contributed by atoms with Crippen LogP contribution < -0.4 is 10.6 Å². The Balaban J connectivity index is 2.09. The number of benzene rings is 1. The van der Waals surface area contributed by atoms with Crippen molar-refractivity contribution in [1.82, 2.24) is 14.6 Å². The van der Waals surface area contributed by atoms with Crippen molar-refractivity contribution in [2.75, 3.05) is 17.7 Å². The quantitative estimate of drug-likeness (QED) is 0.773. The summed E-state index contributed by atoms with van der Waals surface area (Å²) in [5.41, 5.74) is 3.33. The summed E-state index contributed by atoms with van der Waals surface area (Å²) in [6, 6.07) is 11.4. The first-order valence-corrected chi connectivity index (χ1v) is 6.58. The number of carbonyl (C=O) groups is 1. The van der Waals surface area contributed by atoms with Gasteiger partial charge in [0.15, 0.2) is 5.65 Å². The van der Waals surface area contributed by atoms with Crippen molar-refractivity contribution in [3.05, 3.63) is 42.6 Å². The zero-order chi connectivity index (χ0) is 14.8. The number of hydrogen-bond acceptors (Lipinski definition) is 4. The highest BCUT2D eigenvalue weighted by Gasteiger charge is 2.08. The van der Waals surface area contributed by atoms with E-state index < -0.39 is 0 Å². The van der Waals surface area contributed by atoms with Gasteiger partial charge in [0.25, 0.3) is 0 Å². The van der Waals surface area contributed by atoms with Crippen molar-refractivity contribution in [2.24, 2.45) is 0 Å². The van der Waals surface area contributed by atoms with E-state index >= 15 is 0 Å². The molecule has 0 aliphatic carbocycles. The second-order valence-corrected chi connectivity index (χ2v) is 4.64. The van der Waals surface area contributed by atoms with Crippen LogP contribution in [0.2, 0.25) is 0 Å². The van der Waals surface area contributed by atoms with Crippen LogP contribution in [0.5, 0.6) is 0 Å². The maximum atomic E-state index is 11.2. The second-order valence-electron chi connectivity index (χ2n) is 4.64. The Morgan fingerprint density at radius 1 is 1.24 bits per heavy atom. The van der Waals surface area contributed by atoms with Gasteiger partial charge in [0.2, 0.25) is 5.91 Å². The molecular weight excluding hydrogens is 266 g/mol. The highest BCUT2D eigenvalue weighted by Crippen LogP contribution is 2.23. The van der Waals surface area contributed by atoms with Crippen molar-refractivity contribution >= 4 is 23.1 Å². The topological polar surface area (TPSA) is 71.3 Å². The van der Waals surface area contributed by atoms with Crippen molar-refractivity contribution in [3.8, 4) is 11.3 Å². The van der Waals surface area contributed by atoms with E-state index in [9.17, 15) is 4.79 Å². The molecule has 2 heterocycles. The van der Waals surface area contributed by atoms with Crippen LogP contribution in [0, 0.1) is 0 Å². The first-order valence-electron chi connectivity index (χ1n) is 6.58. The SMILES string of the molecule is CNc1ccc2ncc(-c3cccc(NC(C)=O)c3)n2n1. The van der Waals surface area contributed by atoms with Crippen molar-refractivity contribution < 1.29 is 4.79 Å². The molecule has 0 spiro atoms. The fraction of sp³-hybridized carbons (Fsp3) is 0.133. The Morgan fingerprint density at radius 2 is 2.10 bits per heavy atom. The van der Waals surface area contributed by atoms with Crippen LogP contribution in [0.1, 0.15) is 6.92 Å². The summed E-state index contributed by atoms with van der Waals surface area (Å²) in [6.07, 6.45) is 1.77. The molecule has 0 saturated carbocycles. The molecule has 3 aromatic rings. The van der Waals surface area contributed by atoms with Gasteiger partial charge in [-0.15, -0.1) is 5.10 Å². The van der Waals surface area contributed by atoms with Crippen LogP contribution in [0.25, 0.3) is 16.9 Å². The lowest BCUT2D eigenvalue weighted by Gasteiger charge is -2.06. The first-order chi connectivity index (χ1) is 10.2. The molecule has 0 bridgehead atoms. The monoisotopic (exact) mass is 281 g/mol. The molecule has 21 heavy (non-hydrogen) atoms. The summed E-state index contributed by atoms with van der Waals surface area (Å²) in [4.78, 5) is 15.5. The average molecular weight is 281 g/mol. The van der Waals surface area contributed by atoms with Gasteiger partial charge < -0.3 is 10.6 Å². The molecule has 106 valence electrons. The third-order valence-corrected chi connectivity index (χ3v) is 3.10. The van der Waals surface area contributed by atoms with Gasteiger partial charge in [-0.3, -0.25) is 4.79 Å². The third-order valence-electron chi connectivity index (χ3n) is 3.10. The number of aromatic nitrogens is 3. The summed E-state index contributed by atoms with van der Waals surface area (Å²) in [5, 5.41) is 10.3. The average Bonchev–Trinajstić information content (AvgIpc) is 2.89. The maximum Gasteiger partial charge on any atom is 0.221 e. The molecule has 2 N–H and O–H groups in total. The predicted octanol–water partition coefficient (Wildman–Crippen LogP) is 2.40. The van der Waals surface area contributed by atoms with Crippen molar-refractivity contribution in [1.29, 1.82) is 0 Å². The first kappa shape index (κ1) is 13.1. The summed E-state index contributed by atoms with van der Waals surface area (Å²) < 4.78 is 1.78. The van der Waals surface area contributed by atoms with E-state index in [0.717, 1.165) is 28.4 Å². The van der Waals surface area contributed by atoms with E-state index in [-0.39, 0.29) is 5.91 Å². The fourth-order valence-electron chi connectivity index (χ4n) is 2.16. The third kappa shape index (κ3) is 2.55. The predicted molar refractivity (Wildman–Crippen MR) is 82.3 cm³/mol. The summed E-state index contributed by atoms with van der Waals surface area (Å²) in [7, 11) is 1.82. The maximum absolute atomic E-state index is 11.2. The Labute approximate surface area is 121 Å². The molecule has 0 aliphatic heterocycles. The Bertz CT molecular complexity index is 809. The number of rotatable bonds is 3. The van der Waals surface area contributed by atoms with Gasteiger partial charge in [-0.05, 0) is 24.3 Å². The van der Waals surface area contributed by atoms with E-state index in [1.807, 2.05) is 43.4 Å². The number of imidazole rings is 1. The molecule has 0 radical (unpaired) electrons. The molecule has 6 nitrogen and oxygen atoms in total. The number of anilines is 2. The molecule has 1 aromatic carbocycles. The van der Waals surface area contributed by atoms with Gasteiger partial charge in [-0.1, -0.05) is 12.1 Å². The van der Waals surface area contributed by atoms with Gasteiger partial charge >= 0.3 is 0 Å². The number of carbonyl (C=O) groups excluding carboxylic acids is 1. The number of amides is 1. The summed E-state index contributed by atoms with van der Waals surface area (Å²) in [6.45, 7) is 1.49. The smallest absolute Gasteiger partial charge is 0.221 e. The van der Waals surface area contributed by atoms with E-state index in [1.54, 1.807) is 10.7 Å². The van der Waals surface area contributed by atoms with Gasteiger partial charge in [0, 0.05) is 25.2 Å². The summed E-state index contributed by atoms with van der Waals surface area (Å²) >= 11 is 0. The fourth-order valence-corrected chi connectivity index (χ4v) is 2.16. The van der Waals surface area contributed by atoms with Crippen LogP contribution in [0.4, 0.5) is 11.5 Å². The molecule has 2 aromatic heterocycles. The highest BCUT2D eigenvalue weighted by atomic mass is 16.1. The molecule has 3 rings (SSSR count). The van der Waals surface area contributed by atoms with E-state index in [0.29, 0.717) is 0 Å². The number of hydrogen-bond donors (Lipinski definition) is 2. The van der Waals surface area contributed by atoms with Crippen LogP contribution in [0.15, 0.2) is 42.6 Å². The Morgan fingerprint density at radius 3 is 2.86 bits per heavy atom. The molecule has 0 fully saturated rings. The molecule has 0 atom stereocenters. The number of nitrogens with one attached hydrogen (secondary N) is 2. The van der Waals surface area contributed by atoms with Crippen LogP contribution in [-0.4, -0.2) is 27.6 Å². The van der Waals surface area contributed by atoms with Gasteiger partial charge in [0.05, 0.1) is 11.9 Å². The zero-order valence-corrected chi connectivity index (χ0v) is 11.8. The van der Waals surface area contributed by atoms with Gasteiger partial charge in [-0.2, -0.15) is 0 Å².